The minimum Gasteiger partial charge on any atom is -0.388 e. The van der Waals surface area contributed by atoms with E-state index in [4.69, 9.17) is 0 Å². The molecule has 4 atom stereocenters. The Kier molecular flexibility index (Phi) is 6.58. The number of carbonyl (C=O) groups excluding carboxylic acids is 1. The van der Waals surface area contributed by atoms with Crippen molar-refractivity contribution in [2.45, 2.75) is 56.0 Å². The van der Waals surface area contributed by atoms with E-state index in [0.717, 1.165) is 18.4 Å². The summed E-state index contributed by atoms with van der Waals surface area (Å²) < 4.78 is 0. The lowest BCUT2D eigenvalue weighted by molar-refractivity contribution is 0.154. The fourth-order valence-electron chi connectivity index (χ4n) is 2.94. The highest BCUT2D eigenvalue weighted by atomic mass is 32.2. The second kappa shape index (κ2) is 8.44. The number of amides is 2. The van der Waals surface area contributed by atoms with Gasteiger partial charge in [0.1, 0.15) is 0 Å². The Balaban J connectivity index is 1.72. The molecular formula is C17H26N2O2S. The molecule has 1 aliphatic rings. The highest BCUT2D eigenvalue weighted by molar-refractivity contribution is 7.99. The molecule has 0 saturated heterocycles. The van der Waals surface area contributed by atoms with E-state index in [1.165, 1.54) is 6.42 Å². The number of thioether (sulfide) groups is 1. The lowest BCUT2D eigenvalue weighted by Gasteiger charge is -2.20. The molecular weight excluding hydrogens is 296 g/mol. The number of carbonyl (C=O) groups is 1. The SMILES string of the molecule is CS[C@@H]1CC[C@H](NC(=O)N[C@@H](C)C[C@H](O)c2ccccc2)C1. The summed E-state index contributed by atoms with van der Waals surface area (Å²) >= 11 is 1.88. The molecule has 22 heavy (non-hydrogen) atoms. The Morgan fingerprint density at radius 3 is 2.73 bits per heavy atom. The van der Waals surface area contributed by atoms with Crippen molar-refractivity contribution in [2.75, 3.05) is 6.26 Å². The largest absolute Gasteiger partial charge is 0.388 e. The van der Waals surface area contributed by atoms with Gasteiger partial charge in [0.2, 0.25) is 0 Å². The Bertz CT molecular complexity index is 469. The van der Waals surface area contributed by atoms with Gasteiger partial charge in [0.05, 0.1) is 6.10 Å². The quantitative estimate of drug-likeness (QED) is 0.754. The topological polar surface area (TPSA) is 61.4 Å². The average molecular weight is 322 g/mol. The Hall–Kier alpha value is -1.20. The Morgan fingerprint density at radius 1 is 1.36 bits per heavy atom. The number of hydrogen-bond acceptors (Lipinski definition) is 3. The molecule has 0 spiro atoms. The van der Waals surface area contributed by atoms with E-state index in [0.29, 0.717) is 11.7 Å². The van der Waals surface area contributed by atoms with Crippen LogP contribution in [0.15, 0.2) is 30.3 Å². The molecule has 4 nitrogen and oxygen atoms in total. The van der Waals surface area contributed by atoms with Crippen LogP contribution in [0.2, 0.25) is 0 Å². The van der Waals surface area contributed by atoms with E-state index in [-0.39, 0.29) is 18.1 Å². The number of benzene rings is 1. The van der Waals surface area contributed by atoms with Gasteiger partial charge in [-0.05, 0) is 44.4 Å². The normalized spacial score (nSPS) is 23.8. The van der Waals surface area contributed by atoms with E-state index in [2.05, 4.69) is 16.9 Å². The third-order valence-electron chi connectivity index (χ3n) is 4.19. The summed E-state index contributed by atoms with van der Waals surface area (Å²) in [5, 5.41) is 16.8. The van der Waals surface area contributed by atoms with E-state index in [1.807, 2.05) is 49.0 Å². The van der Waals surface area contributed by atoms with Crippen LogP contribution in [0.1, 0.15) is 44.3 Å². The van der Waals surface area contributed by atoms with Gasteiger partial charge in [0.15, 0.2) is 0 Å². The lowest BCUT2D eigenvalue weighted by Crippen LogP contribution is -2.45. The van der Waals surface area contributed by atoms with Crippen molar-refractivity contribution in [3.8, 4) is 0 Å². The van der Waals surface area contributed by atoms with Gasteiger partial charge in [0, 0.05) is 17.3 Å². The summed E-state index contributed by atoms with van der Waals surface area (Å²) in [5.41, 5.74) is 0.884. The highest BCUT2D eigenvalue weighted by Gasteiger charge is 2.25. The average Bonchev–Trinajstić information content (AvgIpc) is 2.95. The van der Waals surface area contributed by atoms with Crippen LogP contribution >= 0.6 is 11.8 Å². The first-order chi connectivity index (χ1) is 10.6. The molecule has 0 heterocycles. The minimum absolute atomic E-state index is 0.0760. The van der Waals surface area contributed by atoms with E-state index >= 15 is 0 Å². The molecule has 0 unspecified atom stereocenters. The molecule has 0 bridgehead atoms. The number of aliphatic hydroxyl groups excluding tert-OH is 1. The standard InChI is InChI=1S/C17H26N2O2S/c1-12(10-16(20)13-6-4-3-5-7-13)18-17(21)19-14-8-9-15(11-14)22-2/h3-7,12,14-16,20H,8-11H2,1-2H3,(H2,18,19,21)/t12-,14-,15+,16-/m0/s1. The van der Waals surface area contributed by atoms with Crippen LogP contribution in [0.5, 0.6) is 0 Å². The van der Waals surface area contributed by atoms with Gasteiger partial charge in [-0.15, -0.1) is 0 Å². The molecule has 3 N–H and O–H groups in total. The molecule has 1 aliphatic carbocycles. The maximum absolute atomic E-state index is 12.0. The number of hydrogen-bond donors (Lipinski definition) is 3. The molecule has 0 aliphatic heterocycles. The number of rotatable bonds is 6. The van der Waals surface area contributed by atoms with Crippen molar-refractivity contribution >= 4 is 17.8 Å². The molecule has 0 aromatic heterocycles. The molecule has 1 fully saturated rings. The monoisotopic (exact) mass is 322 g/mol. The molecule has 2 amide bonds. The third kappa shape index (κ3) is 5.21. The Morgan fingerprint density at radius 2 is 2.09 bits per heavy atom. The summed E-state index contributed by atoms with van der Waals surface area (Å²) in [7, 11) is 0. The predicted molar refractivity (Wildman–Crippen MR) is 92.1 cm³/mol. The molecule has 0 radical (unpaired) electrons. The first-order valence-electron chi connectivity index (χ1n) is 7.91. The summed E-state index contributed by atoms with van der Waals surface area (Å²) in [6.45, 7) is 1.92. The van der Waals surface area contributed by atoms with Crippen LogP contribution in [-0.4, -0.2) is 34.7 Å². The van der Waals surface area contributed by atoms with Crippen LogP contribution in [0, 0.1) is 0 Å². The van der Waals surface area contributed by atoms with Crippen molar-refractivity contribution in [3.63, 3.8) is 0 Å². The summed E-state index contributed by atoms with van der Waals surface area (Å²) in [6, 6.07) is 9.62. The van der Waals surface area contributed by atoms with Gasteiger partial charge in [-0.1, -0.05) is 30.3 Å². The second-order valence-electron chi connectivity index (χ2n) is 6.05. The Labute approximate surface area is 137 Å². The first kappa shape index (κ1) is 17.2. The van der Waals surface area contributed by atoms with Crippen LogP contribution in [0.3, 0.4) is 0 Å². The number of nitrogens with one attached hydrogen (secondary N) is 2. The van der Waals surface area contributed by atoms with Crippen LogP contribution in [0.25, 0.3) is 0 Å². The summed E-state index contributed by atoms with van der Waals surface area (Å²) in [5.74, 6) is 0. The fraction of sp³-hybridized carbons (Fsp3) is 0.588. The van der Waals surface area contributed by atoms with Crippen LogP contribution in [-0.2, 0) is 0 Å². The maximum atomic E-state index is 12.0. The maximum Gasteiger partial charge on any atom is 0.315 e. The lowest BCUT2D eigenvalue weighted by atomic mass is 10.0. The van der Waals surface area contributed by atoms with Crippen molar-refractivity contribution in [1.29, 1.82) is 0 Å². The van der Waals surface area contributed by atoms with Crippen molar-refractivity contribution < 1.29 is 9.90 Å². The van der Waals surface area contributed by atoms with E-state index in [1.54, 1.807) is 0 Å². The molecule has 122 valence electrons. The van der Waals surface area contributed by atoms with E-state index < -0.39 is 6.10 Å². The van der Waals surface area contributed by atoms with Gasteiger partial charge in [-0.3, -0.25) is 0 Å². The third-order valence-corrected chi connectivity index (χ3v) is 5.29. The van der Waals surface area contributed by atoms with Crippen molar-refractivity contribution in [2.24, 2.45) is 0 Å². The first-order valence-corrected chi connectivity index (χ1v) is 9.20. The number of aliphatic hydroxyl groups is 1. The van der Waals surface area contributed by atoms with Gasteiger partial charge in [-0.25, -0.2) is 4.79 Å². The molecule has 1 aromatic rings. The minimum atomic E-state index is -0.552. The molecule has 2 rings (SSSR count). The fourth-order valence-corrected chi connectivity index (χ4v) is 3.74. The zero-order chi connectivity index (χ0) is 15.9. The van der Waals surface area contributed by atoms with Gasteiger partial charge >= 0.3 is 6.03 Å². The summed E-state index contributed by atoms with van der Waals surface area (Å²) in [4.78, 5) is 12.0. The van der Waals surface area contributed by atoms with Crippen molar-refractivity contribution in [3.05, 3.63) is 35.9 Å². The van der Waals surface area contributed by atoms with Gasteiger partial charge < -0.3 is 15.7 Å². The zero-order valence-corrected chi connectivity index (χ0v) is 14.1. The van der Waals surface area contributed by atoms with Crippen LogP contribution < -0.4 is 10.6 Å². The highest BCUT2D eigenvalue weighted by Crippen LogP contribution is 2.28. The van der Waals surface area contributed by atoms with E-state index in [9.17, 15) is 9.90 Å². The summed E-state index contributed by atoms with van der Waals surface area (Å²) in [6.07, 6.45) is 5.36. The molecule has 1 saturated carbocycles. The van der Waals surface area contributed by atoms with Gasteiger partial charge in [-0.2, -0.15) is 11.8 Å². The smallest absolute Gasteiger partial charge is 0.315 e. The molecule has 5 heteroatoms. The van der Waals surface area contributed by atoms with Crippen molar-refractivity contribution in [1.82, 2.24) is 10.6 Å². The zero-order valence-electron chi connectivity index (χ0n) is 13.3. The van der Waals surface area contributed by atoms with Crippen LogP contribution in [0.4, 0.5) is 4.79 Å². The predicted octanol–water partition coefficient (Wildman–Crippen LogP) is 3.08. The molecule has 1 aromatic carbocycles. The number of urea groups is 1. The second-order valence-corrected chi connectivity index (χ2v) is 7.19. The van der Waals surface area contributed by atoms with Gasteiger partial charge in [0.25, 0.3) is 0 Å².